The van der Waals surface area contributed by atoms with E-state index < -0.39 is 4.92 Å². The van der Waals surface area contributed by atoms with Crippen LogP contribution in [0.15, 0.2) is 53.6 Å². The number of methoxy groups -OCH3 is 1. The molecule has 7 nitrogen and oxygen atoms in total. The lowest BCUT2D eigenvalue weighted by Crippen LogP contribution is -2.15. The molecule has 1 N–H and O–H groups in total. The molecule has 0 atom stereocenters. The number of nitro groups is 1. The van der Waals surface area contributed by atoms with Crippen LogP contribution in [0.5, 0.6) is 5.75 Å². The van der Waals surface area contributed by atoms with Gasteiger partial charge in [0.05, 0.1) is 40.1 Å². The first kappa shape index (κ1) is 18.7. The predicted molar refractivity (Wildman–Crippen MR) is 105 cm³/mol. The Balaban J connectivity index is 1.69. The number of ether oxygens (including phenoxy) is 1. The van der Waals surface area contributed by atoms with E-state index >= 15 is 0 Å². The number of fused-ring (bicyclic) bond motifs is 1. The summed E-state index contributed by atoms with van der Waals surface area (Å²) in [5.41, 5.74) is 2.27. The third kappa shape index (κ3) is 4.35. The number of pyridine rings is 1. The van der Waals surface area contributed by atoms with Crippen LogP contribution in [-0.4, -0.2) is 28.7 Å². The summed E-state index contributed by atoms with van der Waals surface area (Å²) < 4.78 is 5.13. The minimum Gasteiger partial charge on any atom is -0.494 e. The van der Waals surface area contributed by atoms with E-state index in [1.807, 2.05) is 37.3 Å². The summed E-state index contributed by atoms with van der Waals surface area (Å²) in [4.78, 5) is 27.2. The molecular formula is C19H17N3O4S. The number of hydrogen-bond donors (Lipinski definition) is 1. The molecule has 0 saturated heterocycles. The number of para-hydroxylation sites is 1. The van der Waals surface area contributed by atoms with E-state index in [-0.39, 0.29) is 23.1 Å². The van der Waals surface area contributed by atoms with Gasteiger partial charge >= 0.3 is 0 Å². The highest BCUT2D eigenvalue weighted by Crippen LogP contribution is 2.29. The van der Waals surface area contributed by atoms with Crippen molar-refractivity contribution >= 4 is 39.9 Å². The Morgan fingerprint density at radius 1 is 1.26 bits per heavy atom. The Bertz CT molecular complexity index is 1020. The lowest BCUT2D eigenvalue weighted by atomic mass is 10.1. The summed E-state index contributed by atoms with van der Waals surface area (Å²) in [5, 5.41) is 15.4. The summed E-state index contributed by atoms with van der Waals surface area (Å²) in [7, 11) is 1.39. The maximum absolute atomic E-state index is 12.3. The van der Waals surface area contributed by atoms with Gasteiger partial charge in [0.2, 0.25) is 5.91 Å². The summed E-state index contributed by atoms with van der Waals surface area (Å²) in [6.45, 7) is 2.01. The highest BCUT2D eigenvalue weighted by Gasteiger charge is 2.14. The van der Waals surface area contributed by atoms with Crippen LogP contribution in [0.2, 0.25) is 0 Å². The van der Waals surface area contributed by atoms with Gasteiger partial charge in [-0.05, 0) is 30.7 Å². The average molecular weight is 383 g/mol. The molecule has 1 amide bonds. The fraction of sp³-hybridized carbons (Fsp3) is 0.158. The number of aromatic nitrogens is 1. The monoisotopic (exact) mass is 383 g/mol. The molecule has 0 aliphatic rings. The number of nitrogens with one attached hydrogen (secondary N) is 1. The molecule has 2 aromatic carbocycles. The highest BCUT2D eigenvalue weighted by molar-refractivity contribution is 7.99. The first-order valence-electron chi connectivity index (χ1n) is 8.09. The number of anilines is 1. The molecule has 0 bridgehead atoms. The quantitative estimate of drug-likeness (QED) is 0.390. The number of rotatable bonds is 6. The zero-order valence-corrected chi connectivity index (χ0v) is 15.6. The van der Waals surface area contributed by atoms with E-state index in [1.54, 1.807) is 0 Å². The molecule has 0 aliphatic heterocycles. The number of amides is 1. The van der Waals surface area contributed by atoms with Gasteiger partial charge in [0, 0.05) is 11.5 Å². The molecule has 8 heteroatoms. The molecule has 27 heavy (non-hydrogen) atoms. The van der Waals surface area contributed by atoms with Crippen LogP contribution < -0.4 is 10.1 Å². The van der Waals surface area contributed by atoms with Gasteiger partial charge in [-0.15, -0.1) is 0 Å². The lowest BCUT2D eigenvalue weighted by molar-refractivity contribution is -0.384. The van der Waals surface area contributed by atoms with Crippen molar-refractivity contribution in [1.82, 2.24) is 4.98 Å². The van der Waals surface area contributed by atoms with Crippen molar-refractivity contribution in [2.45, 2.75) is 11.9 Å². The number of thioether (sulfide) groups is 1. The van der Waals surface area contributed by atoms with Gasteiger partial charge in [0.25, 0.3) is 5.69 Å². The van der Waals surface area contributed by atoms with Crippen LogP contribution in [0.4, 0.5) is 11.4 Å². The van der Waals surface area contributed by atoms with Gasteiger partial charge < -0.3 is 10.1 Å². The van der Waals surface area contributed by atoms with E-state index in [0.29, 0.717) is 5.69 Å². The first-order chi connectivity index (χ1) is 13.0. The van der Waals surface area contributed by atoms with Crippen molar-refractivity contribution in [1.29, 1.82) is 0 Å². The van der Waals surface area contributed by atoms with E-state index in [9.17, 15) is 14.9 Å². The normalized spacial score (nSPS) is 10.6. The maximum Gasteiger partial charge on any atom is 0.273 e. The smallest absolute Gasteiger partial charge is 0.273 e. The molecule has 1 aromatic heterocycles. The average Bonchev–Trinajstić information content (AvgIpc) is 2.66. The first-order valence-corrected chi connectivity index (χ1v) is 9.08. The van der Waals surface area contributed by atoms with E-state index in [2.05, 4.69) is 10.3 Å². The molecule has 1 heterocycles. The second kappa shape index (κ2) is 8.05. The van der Waals surface area contributed by atoms with Crippen molar-refractivity contribution in [2.24, 2.45) is 0 Å². The molecule has 138 valence electrons. The summed E-state index contributed by atoms with van der Waals surface area (Å²) in [6, 6.07) is 13.8. The van der Waals surface area contributed by atoms with Crippen LogP contribution in [-0.2, 0) is 4.79 Å². The maximum atomic E-state index is 12.3. The van der Waals surface area contributed by atoms with Crippen LogP contribution >= 0.6 is 11.8 Å². The van der Waals surface area contributed by atoms with E-state index in [0.717, 1.165) is 21.5 Å². The van der Waals surface area contributed by atoms with Gasteiger partial charge in [-0.1, -0.05) is 30.0 Å². The van der Waals surface area contributed by atoms with Gasteiger partial charge in [-0.2, -0.15) is 0 Å². The van der Waals surface area contributed by atoms with Crippen LogP contribution in [0.1, 0.15) is 5.56 Å². The van der Waals surface area contributed by atoms with E-state index in [1.165, 1.54) is 37.1 Å². The number of non-ortho nitro benzene ring substituents is 1. The van der Waals surface area contributed by atoms with Gasteiger partial charge in [-0.25, -0.2) is 4.98 Å². The van der Waals surface area contributed by atoms with Crippen molar-refractivity contribution in [3.63, 3.8) is 0 Å². The molecule has 0 saturated carbocycles. The molecule has 0 fully saturated rings. The Morgan fingerprint density at radius 2 is 2.04 bits per heavy atom. The van der Waals surface area contributed by atoms with Crippen LogP contribution in [0.25, 0.3) is 10.9 Å². The zero-order valence-electron chi connectivity index (χ0n) is 14.8. The van der Waals surface area contributed by atoms with Crippen molar-refractivity contribution in [3.05, 3.63) is 64.2 Å². The fourth-order valence-corrected chi connectivity index (χ4v) is 3.39. The number of benzene rings is 2. The number of carbonyl (C=O) groups excluding carboxylic acids is 1. The number of carbonyl (C=O) groups is 1. The molecule has 0 radical (unpaired) electrons. The molecule has 0 aliphatic carbocycles. The third-order valence-electron chi connectivity index (χ3n) is 3.92. The Labute approximate surface area is 159 Å². The number of nitro benzene ring substituents is 1. The minimum absolute atomic E-state index is 0.102. The minimum atomic E-state index is -0.516. The highest BCUT2D eigenvalue weighted by atomic mass is 32.2. The Hall–Kier alpha value is -3.13. The van der Waals surface area contributed by atoms with Crippen molar-refractivity contribution < 1.29 is 14.5 Å². The molecule has 0 unspecified atom stereocenters. The third-order valence-corrected chi connectivity index (χ3v) is 4.83. The number of hydrogen-bond acceptors (Lipinski definition) is 6. The molecule has 3 rings (SSSR count). The SMILES string of the molecule is COc1cc([N+](=O)[O-])ccc1NC(=O)CSc1cc(C)c2ccccc2n1. The molecule has 0 spiro atoms. The number of nitrogens with zero attached hydrogens (tertiary/aromatic N) is 2. The largest absolute Gasteiger partial charge is 0.494 e. The summed E-state index contributed by atoms with van der Waals surface area (Å²) in [5.74, 6) is 0.146. The molecular weight excluding hydrogens is 366 g/mol. The van der Waals surface area contributed by atoms with Gasteiger partial charge in [0.15, 0.2) is 0 Å². The number of aryl methyl sites for hydroxylation is 1. The fourth-order valence-electron chi connectivity index (χ4n) is 2.62. The van der Waals surface area contributed by atoms with Crippen molar-refractivity contribution in [2.75, 3.05) is 18.2 Å². The Morgan fingerprint density at radius 3 is 2.78 bits per heavy atom. The second-order valence-electron chi connectivity index (χ2n) is 5.77. The second-order valence-corrected chi connectivity index (χ2v) is 6.77. The standard InChI is InChI=1S/C19H17N3O4S/c1-12-9-19(21-15-6-4-3-5-14(12)15)27-11-18(23)20-16-8-7-13(22(24)25)10-17(16)26-2/h3-10H,11H2,1-2H3,(H,20,23). The van der Waals surface area contributed by atoms with Crippen LogP contribution in [0, 0.1) is 17.0 Å². The predicted octanol–water partition coefficient (Wildman–Crippen LogP) is 4.19. The van der Waals surface area contributed by atoms with Gasteiger partial charge in [0.1, 0.15) is 5.75 Å². The molecule has 3 aromatic rings. The Kier molecular flexibility index (Phi) is 5.56. The topological polar surface area (TPSA) is 94.4 Å². The van der Waals surface area contributed by atoms with Gasteiger partial charge in [-0.3, -0.25) is 14.9 Å². The van der Waals surface area contributed by atoms with Crippen LogP contribution in [0.3, 0.4) is 0 Å². The summed E-state index contributed by atoms with van der Waals surface area (Å²) in [6.07, 6.45) is 0. The zero-order chi connectivity index (χ0) is 19.4. The summed E-state index contributed by atoms with van der Waals surface area (Å²) >= 11 is 1.33. The lowest BCUT2D eigenvalue weighted by Gasteiger charge is -2.10. The van der Waals surface area contributed by atoms with Crippen molar-refractivity contribution in [3.8, 4) is 5.75 Å². The van der Waals surface area contributed by atoms with E-state index in [4.69, 9.17) is 4.74 Å².